The molecule has 0 aliphatic carbocycles. The Balaban J connectivity index is 1.52. The van der Waals surface area contributed by atoms with E-state index >= 15 is 0 Å². The molecule has 0 unspecified atom stereocenters. The number of nitrogens with one attached hydrogen (secondary N) is 2. The van der Waals surface area contributed by atoms with Gasteiger partial charge >= 0.3 is 5.97 Å². The zero-order chi connectivity index (χ0) is 25.0. The van der Waals surface area contributed by atoms with E-state index in [0.29, 0.717) is 17.2 Å². The Morgan fingerprint density at radius 1 is 0.857 bits per heavy atom. The van der Waals surface area contributed by atoms with Crippen molar-refractivity contribution in [3.63, 3.8) is 0 Å². The molecule has 3 N–H and O–H groups in total. The maximum atomic E-state index is 12.5. The van der Waals surface area contributed by atoms with Gasteiger partial charge in [0, 0.05) is 12.1 Å². The summed E-state index contributed by atoms with van der Waals surface area (Å²) < 4.78 is 10.8. The molecule has 2 atom stereocenters. The molecule has 3 rings (SSSR count). The molecule has 0 fully saturated rings. The number of hydrogen-bond acceptors (Lipinski definition) is 6. The molecule has 8 heteroatoms. The van der Waals surface area contributed by atoms with E-state index in [-0.39, 0.29) is 13.0 Å². The average Bonchev–Trinajstić information content (AvgIpc) is 2.86. The molecule has 0 aliphatic heterocycles. The number of rotatable bonds is 11. The van der Waals surface area contributed by atoms with Crippen molar-refractivity contribution in [2.24, 2.45) is 0 Å². The lowest BCUT2D eigenvalue weighted by Gasteiger charge is -2.18. The zero-order valence-corrected chi connectivity index (χ0v) is 19.3. The molecule has 0 saturated carbocycles. The fourth-order valence-corrected chi connectivity index (χ4v) is 3.26. The third kappa shape index (κ3) is 8.28. The van der Waals surface area contributed by atoms with Crippen LogP contribution < -0.4 is 15.4 Å². The maximum absolute atomic E-state index is 12.5. The molecule has 0 spiro atoms. The van der Waals surface area contributed by atoms with Gasteiger partial charge in [-0.1, -0.05) is 48.5 Å². The Bertz CT molecular complexity index is 1100. The number of aliphatic hydroxyl groups excluding tert-OH is 1. The number of para-hydroxylation sites is 1. The summed E-state index contributed by atoms with van der Waals surface area (Å²) in [6, 6.07) is 24.1. The molecule has 0 aliphatic rings. The van der Waals surface area contributed by atoms with Gasteiger partial charge < -0.3 is 25.2 Å². The van der Waals surface area contributed by atoms with E-state index in [2.05, 4.69) is 10.6 Å². The van der Waals surface area contributed by atoms with Gasteiger partial charge in [0.2, 0.25) is 5.91 Å². The second-order valence-electron chi connectivity index (χ2n) is 7.71. The van der Waals surface area contributed by atoms with Crippen LogP contribution in [0.3, 0.4) is 0 Å². The lowest BCUT2D eigenvalue weighted by molar-refractivity contribution is -0.147. The van der Waals surface area contributed by atoms with Crippen molar-refractivity contribution < 1.29 is 29.0 Å². The highest BCUT2D eigenvalue weighted by atomic mass is 16.5. The maximum Gasteiger partial charge on any atom is 0.328 e. The largest absolute Gasteiger partial charge is 0.464 e. The van der Waals surface area contributed by atoms with Crippen molar-refractivity contribution in [3.05, 3.63) is 90.5 Å². The Morgan fingerprint density at radius 3 is 2.09 bits per heavy atom. The smallest absolute Gasteiger partial charge is 0.328 e. The van der Waals surface area contributed by atoms with Gasteiger partial charge in [0.25, 0.3) is 5.91 Å². The van der Waals surface area contributed by atoms with Crippen LogP contribution in [-0.2, 0) is 25.5 Å². The van der Waals surface area contributed by atoms with E-state index in [4.69, 9.17) is 9.47 Å². The van der Waals surface area contributed by atoms with Crippen molar-refractivity contribution in [1.82, 2.24) is 5.32 Å². The van der Waals surface area contributed by atoms with Crippen molar-refractivity contribution >= 4 is 23.5 Å². The van der Waals surface area contributed by atoms with Gasteiger partial charge in [-0.05, 0) is 48.9 Å². The lowest BCUT2D eigenvalue weighted by Crippen LogP contribution is -2.45. The van der Waals surface area contributed by atoms with Crippen LogP contribution in [-0.4, -0.2) is 41.6 Å². The zero-order valence-electron chi connectivity index (χ0n) is 19.3. The number of anilines is 1. The Kier molecular flexibility index (Phi) is 9.39. The SMILES string of the molecule is CCOC(=O)[C@H](Cc1ccccc1)NC(=O)C[C@@H](O)C(=O)Nc1ccc(Oc2ccccc2)cc1. The highest BCUT2D eigenvalue weighted by molar-refractivity contribution is 5.97. The number of carbonyl (C=O) groups is 3. The molecule has 2 amide bonds. The van der Waals surface area contributed by atoms with Crippen molar-refractivity contribution in [3.8, 4) is 11.5 Å². The topological polar surface area (TPSA) is 114 Å². The van der Waals surface area contributed by atoms with Crippen LogP contribution in [0.2, 0.25) is 0 Å². The fraction of sp³-hybridized carbons (Fsp3) is 0.222. The van der Waals surface area contributed by atoms with E-state index in [1.165, 1.54) is 0 Å². The summed E-state index contributed by atoms with van der Waals surface area (Å²) in [5, 5.41) is 15.3. The summed E-state index contributed by atoms with van der Waals surface area (Å²) in [6.45, 7) is 1.84. The summed E-state index contributed by atoms with van der Waals surface area (Å²) in [7, 11) is 0. The summed E-state index contributed by atoms with van der Waals surface area (Å²) in [5.74, 6) is -0.709. The lowest BCUT2D eigenvalue weighted by atomic mass is 10.1. The Labute approximate surface area is 203 Å². The van der Waals surface area contributed by atoms with Crippen LogP contribution in [0.5, 0.6) is 11.5 Å². The van der Waals surface area contributed by atoms with Gasteiger partial charge in [-0.15, -0.1) is 0 Å². The monoisotopic (exact) mass is 476 g/mol. The number of hydrogen-bond donors (Lipinski definition) is 3. The third-order valence-electron chi connectivity index (χ3n) is 4.97. The Hall–Kier alpha value is -4.17. The highest BCUT2D eigenvalue weighted by Gasteiger charge is 2.25. The first-order valence-corrected chi connectivity index (χ1v) is 11.3. The molecule has 0 bridgehead atoms. The molecule has 35 heavy (non-hydrogen) atoms. The first-order valence-electron chi connectivity index (χ1n) is 11.3. The van der Waals surface area contributed by atoms with E-state index in [1.54, 1.807) is 31.2 Å². The number of carbonyl (C=O) groups excluding carboxylic acids is 3. The summed E-state index contributed by atoms with van der Waals surface area (Å²) in [4.78, 5) is 37.1. The number of ether oxygens (including phenoxy) is 2. The van der Waals surface area contributed by atoms with Gasteiger partial charge in [0.1, 0.15) is 23.6 Å². The second-order valence-corrected chi connectivity index (χ2v) is 7.71. The van der Waals surface area contributed by atoms with Crippen LogP contribution in [0.1, 0.15) is 18.9 Å². The highest BCUT2D eigenvalue weighted by Crippen LogP contribution is 2.22. The molecule has 0 aromatic heterocycles. The molecular formula is C27H28N2O6. The number of benzene rings is 3. The van der Waals surface area contributed by atoms with Crippen molar-refractivity contribution in [1.29, 1.82) is 0 Å². The summed E-state index contributed by atoms with van der Waals surface area (Å²) in [5.41, 5.74) is 1.27. The first-order chi connectivity index (χ1) is 16.9. The molecule has 3 aromatic carbocycles. The van der Waals surface area contributed by atoms with Crippen LogP contribution in [0.4, 0.5) is 5.69 Å². The number of esters is 1. The summed E-state index contributed by atoms with van der Waals surface area (Å²) in [6.07, 6.45) is -1.88. The minimum absolute atomic E-state index is 0.167. The molecule has 0 radical (unpaired) electrons. The molecular weight excluding hydrogens is 448 g/mol. The van der Waals surface area contributed by atoms with Crippen LogP contribution in [0.25, 0.3) is 0 Å². The summed E-state index contributed by atoms with van der Waals surface area (Å²) >= 11 is 0. The number of amides is 2. The van der Waals surface area contributed by atoms with E-state index < -0.39 is 36.4 Å². The van der Waals surface area contributed by atoms with E-state index in [1.807, 2.05) is 60.7 Å². The standard InChI is InChI=1S/C27H28N2O6/c1-2-34-27(33)23(17-19-9-5-3-6-10-19)29-25(31)18-24(30)26(32)28-20-13-15-22(16-14-20)35-21-11-7-4-8-12-21/h3-16,23-24,30H,2,17-18H2,1H3,(H,28,32)(H,29,31)/t23-,24+/m0/s1. The quantitative estimate of drug-likeness (QED) is 0.365. The van der Waals surface area contributed by atoms with Gasteiger partial charge in [-0.25, -0.2) is 4.79 Å². The molecule has 0 heterocycles. The van der Waals surface area contributed by atoms with Gasteiger partial charge in [0.15, 0.2) is 0 Å². The van der Waals surface area contributed by atoms with Crippen LogP contribution in [0.15, 0.2) is 84.9 Å². The minimum atomic E-state index is -1.60. The first kappa shape index (κ1) is 25.5. The fourth-order valence-electron chi connectivity index (χ4n) is 3.26. The minimum Gasteiger partial charge on any atom is -0.464 e. The van der Waals surface area contributed by atoms with Gasteiger partial charge in [-0.3, -0.25) is 9.59 Å². The second kappa shape index (κ2) is 12.9. The third-order valence-corrected chi connectivity index (χ3v) is 4.97. The van der Waals surface area contributed by atoms with Crippen LogP contribution >= 0.6 is 0 Å². The van der Waals surface area contributed by atoms with Gasteiger partial charge in [-0.2, -0.15) is 0 Å². The molecule has 3 aromatic rings. The molecule has 182 valence electrons. The van der Waals surface area contributed by atoms with E-state index in [0.717, 1.165) is 5.56 Å². The van der Waals surface area contributed by atoms with E-state index in [9.17, 15) is 19.5 Å². The average molecular weight is 477 g/mol. The van der Waals surface area contributed by atoms with Crippen molar-refractivity contribution in [2.75, 3.05) is 11.9 Å². The van der Waals surface area contributed by atoms with Crippen LogP contribution in [0, 0.1) is 0 Å². The normalized spacial score (nSPS) is 12.2. The van der Waals surface area contributed by atoms with Crippen molar-refractivity contribution in [2.45, 2.75) is 31.9 Å². The predicted octanol–water partition coefficient (Wildman–Crippen LogP) is 3.46. The molecule has 8 nitrogen and oxygen atoms in total. The van der Waals surface area contributed by atoms with Gasteiger partial charge in [0.05, 0.1) is 13.0 Å². The Morgan fingerprint density at radius 2 is 1.46 bits per heavy atom. The number of aliphatic hydroxyl groups is 1. The molecule has 0 saturated heterocycles. The predicted molar refractivity (Wildman–Crippen MR) is 131 cm³/mol.